The van der Waals surface area contributed by atoms with E-state index in [9.17, 15) is 0 Å². The Labute approximate surface area is 302 Å². The van der Waals surface area contributed by atoms with Gasteiger partial charge in [-0.1, -0.05) is 152 Å². The Morgan fingerprint density at radius 1 is 0.308 bits per heavy atom. The largest absolute Gasteiger partial charge is 0.456 e. The summed E-state index contributed by atoms with van der Waals surface area (Å²) < 4.78 is 6.49. The molecule has 1 heteroatoms. The van der Waals surface area contributed by atoms with Crippen LogP contribution in [0.5, 0.6) is 11.5 Å². The first-order valence-electron chi connectivity index (χ1n) is 18.1. The molecule has 1 aliphatic heterocycles. The SMILES string of the molecule is c1ccc(-c2cccc3cc4c(cc23)C2(c3ccccc3-c3ccccc32)c2cc(-c3ccc5c6c(cccc36)-c3ccccc3O5)ccc2-4)cc1. The topological polar surface area (TPSA) is 9.23 Å². The minimum Gasteiger partial charge on any atom is -0.456 e. The molecule has 1 nitrogen and oxygen atoms in total. The molecule has 52 heavy (non-hydrogen) atoms. The second-order valence-electron chi connectivity index (χ2n) is 14.3. The van der Waals surface area contributed by atoms with E-state index < -0.39 is 5.41 Å². The first-order chi connectivity index (χ1) is 25.8. The average molecular weight is 659 g/mol. The third-order valence-corrected chi connectivity index (χ3v) is 11.9. The average Bonchev–Trinajstić information content (AvgIpc) is 3.67. The van der Waals surface area contributed by atoms with Crippen molar-refractivity contribution in [1.29, 1.82) is 0 Å². The number of rotatable bonds is 2. The minimum absolute atomic E-state index is 0.458. The van der Waals surface area contributed by atoms with Crippen LogP contribution in [0, 0.1) is 0 Å². The molecule has 9 aromatic rings. The molecular formula is C51H30O. The van der Waals surface area contributed by atoms with Crippen molar-refractivity contribution < 1.29 is 4.74 Å². The van der Waals surface area contributed by atoms with Gasteiger partial charge in [-0.2, -0.15) is 0 Å². The van der Waals surface area contributed by atoms with Gasteiger partial charge >= 0.3 is 0 Å². The Kier molecular flexibility index (Phi) is 5.49. The summed E-state index contributed by atoms with van der Waals surface area (Å²) in [5.41, 5.74) is 17.5. The van der Waals surface area contributed by atoms with Crippen molar-refractivity contribution in [2.45, 2.75) is 5.41 Å². The van der Waals surface area contributed by atoms with Crippen molar-refractivity contribution in [2.75, 3.05) is 0 Å². The van der Waals surface area contributed by atoms with Crippen LogP contribution in [0.25, 0.3) is 77.2 Å². The predicted molar refractivity (Wildman–Crippen MR) is 214 cm³/mol. The molecule has 1 heterocycles. The van der Waals surface area contributed by atoms with E-state index in [2.05, 4.69) is 176 Å². The van der Waals surface area contributed by atoms with E-state index in [1.54, 1.807) is 0 Å². The van der Waals surface area contributed by atoms with Crippen LogP contribution in [0.4, 0.5) is 0 Å². The van der Waals surface area contributed by atoms with Crippen molar-refractivity contribution in [2.24, 2.45) is 0 Å². The van der Waals surface area contributed by atoms with Gasteiger partial charge in [0.15, 0.2) is 0 Å². The maximum atomic E-state index is 6.49. The van der Waals surface area contributed by atoms with E-state index in [1.165, 1.54) is 93.9 Å². The van der Waals surface area contributed by atoms with Gasteiger partial charge < -0.3 is 4.74 Å². The Hall–Kier alpha value is -6.70. The third-order valence-electron chi connectivity index (χ3n) is 11.9. The predicted octanol–water partition coefficient (Wildman–Crippen LogP) is 13.4. The van der Waals surface area contributed by atoms with Crippen LogP contribution in [-0.2, 0) is 5.41 Å². The van der Waals surface area contributed by atoms with Crippen LogP contribution in [0.2, 0.25) is 0 Å². The number of para-hydroxylation sites is 1. The molecule has 1 spiro atoms. The zero-order valence-electron chi connectivity index (χ0n) is 28.2. The van der Waals surface area contributed by atoms with Gasteiger partial charge in [-0.15, -0.1) is 0 Å². The van der Waals surface area contributed by atoms with Crippen LogP contribution < -0.4 is 4.74 Å². The second-order valence-corrected chi connectivity index (χ2v) is 14.3. The van der Waals surface area contributed by atoms with E-state index in [0.29, 0.717) is 0 Å². The lowest BCUT2D eigenvalue weighted by Gasteiger charge is -2.31. The standard InChI is InChI=1S/C51H30O/c1-2-12-31(13-3-1)34-18-10-14-32-28-43-38-25-24-33(35-26-27-49-50-40(35)19-11-20-41(50)39-17-6-9-23-48(39)52-49)29-46(38)51(47(43)30-42(32)34)44-21-7-4-15-36(44)37-16-5-8-22-45(37)51/h1-30H. The highest BCUT2D eigenvalue weighted by molar-refractivity contribution is 6.11. The first-order valence-corrected chi connectivity index (χ1v) is 18.1. The van der Waals surface area contributed by atoms with E-state index in [4.69, 9.17) is 4.74 Å². The van der Waals surface area contributed by atoms with Gasteiger partial charge in [-0.05, 0) is 119 Å². The molecule has 9 aromatic carbocycles. The number of fused-ring (bicyclic) bond motifs is 13. The fourth-order valence-electron chi connectivity index (χ4n) is 9.78. The molecule has 0 bridgehead atoms. The maximum absolute atomic E-state index is 6.49. The highest BCUT2D eigenvalue weighted by Gasteiger charge is 2.51. The number of ether oxygens (including phenoxy) is 1. The molecule has 240 valence electrons. The van der Waals surface area contributed by atoms with Crippen molar-refractivity contribution >= 4 is 21.5 Å². The molecule has 12 rings (SSSR count). The Morgan fingerprint density at radius 3 is 1.75 bits per heavy atom. The number of benzene rings is 9. The number of hydrogen-bond donors (Lipinski definition) is 0. The maximum Gasteiger partial charge on any atom is 0.135 e. The van der Waals surface area contributed by atoms with Crippen LogP contribution in [-0.4, -0.2) is 0 Å². The summed E-state index contributed by atoms with van der Waals surface area (Å²) in [4.78, 5) is 0. The highest BCUT2D eigenvalue weighted by Crippen LogP contribution is 2.64. The monoisotopic (exact) mass is 658 g/mol. The van der Waals surface area contributed by atoms with Crippen LogP contribution in [0.3, 0.4) is 0 Å². The summed E-state index contributed by atoms with van der Waals surface area (Å²) in [7, 11) is 0. The minimum atomic E-state index is -0.458. The van der Waals surface area contributed by atoms with Gasteiger partial charge in [-0.25, -0.2) is 0 Å². The van der Waals surface area contributed by atoms with E-state index >= 15 is 0 Å². The van der Waals surface area contributed by atoms with Crippen molar-refractivity contribution in [1.82, 2.24) is 0 Å². The summed E-state index contributed by atoms with van der Waals surface area (Å²) in [5.74, 6) is 1.83. The lowest BCUT2D eigenvalue weighted by molar-refractivity contribution is 0.487. The Bertz CT molecular complexity index is 2940. The van der Waals surface area contributed by atoms with Gasteiger partial charge in [0.25, 0.3) is 0 Å². The lowest BCUT2D eigenvalue weighted by Crippen LogP contribution is -2.26. The van der Waals surface area contributed by atoms with Gasteiger partial charge in [0, 0.05) is 10.9 Å². The fraction of sp³-hybridized carbons (Fsp3) is 0.0196. The zero-order chi connectivity index (χ0) is 34.0. The second kappa shape index (κ2) is 10.2. The normalized spacial score (nSPS) is 13.7. The summed E-state index contributed by atoms with van der Waals surface area (Å²) in [6.45, 7) is 0. The quantitative estimate of drug-likeness (QED) is 0.180. The molecule has 0 aromatic heterocycles. The Morgan fingerprint density at radius 2 is 0.923 bits per heavy atom. The van der Waals surface area contributed by atoms with Gasteiger partial charge in [-0.3, -0.25) is 0 Å². The molecule has 0 saturated heterocycles. The molecule has 0 atom stereocenters. The van der Waals surface area contributed by atoms with E-state index in [0.717, 1.165) is 17.1 Å². The molecule has 0 unspecified atom stereocenters. The first kappa shape index (κ1) is 28.0. The van der Waals surface area contributed by atoms with Crippen molar-refractivity contribution in [3.05, 3.63) is 204 Å². The van der Waals surface area contributed by atoms with E-state index in [-0.39, 0.29) is 0 Å². The lowest BCUT2D eigenvalue weighted by atomic mass is 9.70. The molecule has 0 amide bonds. The van der Waals surface area contributed by atoms with Crippen LogP contribution in [0.1, 0.15) is 22.3 Å². The molecular weight excluding hydrogens is 629 g/mol. The number of hydrogen-bond acceptors (Lipinski definition) is 1. The van der Waals surface area contributed by atoms with Crippen LogP contribution in [0.15, 0.2) is 182 Å². The zero-order valence-corrected chi connectivity index (χ0v) is 28.2. The molecule has 0 saturated carbocycles. The molecule has 3 aliphatic rings. The van der Waals surface area contributed by atoms with Crippen molar-refractivity contribution in [3.63, 3.8) is 0 Å². The van der Waals surface area contributed by atoms with Crippen molar-refractivity contribution in [3.8, 4) is 67.1 Å². The summed E-state index contributed by atoms with van der Waals surface area (Å²) in [5, 5.41) is 4.93. The highest BCUT2D eigenvalue weighted by atomic mass is 16.5. The van der Waals surface area contributed by atoms with E-state index in [1.807, 2.05) is 6.07 Å². The molecule has 0 fully saturated rings. The molecule has 0 radical (unpaired) electrons. The third kappa shape index (κ3) is 3.52. The molecule has 0 N–H and O–H groups in total. The summed E-state index contributed by atoms with van der Waals surface area (Å²) >= 11 is 0. The van der Waals surface area contributed by atoms with Gasteiger partial charge in [0.2, 0.25) is 0 Å². The van der Waals surface area contributed by atoms with Gasteiger partial charge in [0.1, 0.15) is 11.5 Å². The van der Waals surface area contributed by atoms with Gasteiger partial charge in [0.05, 0.1) is 5.41 Å². The van der Waals surface area contributed by atoms with Crippen LogP contribution >= 0.6 is 0 Å². The summed E-state index contributed by atoms with van der Waals surface area (Å²) in [6.07, 6.45) is 0. The molecule has 2 aliphatic carbocycles. The summed E-state index contributed by atoms with van der Waals surface area (Å²) in [6, 6.07) is 67.4. The fourth-order valence-corrected chi connectivity index (χ4v) is 9.78. The Balaban J connectivity index is 1.16. The smallest absolute Gasteiger partial charge is 0.135 e.